The number of nitrogens with zero attached hydrogens (tertiary/aromatic N) is 7. The molecule has 5 aromatic rings. The van der Waals surface area contributed by atoms with Crippen LogP contribution in [0, 0.1) is 0 Å². The van der Waals surface area contributed by atoms with Gasteiger partial charge in [-0.15, -0.1) is 5.10 Å². The van der Waals surface area contributed by atoms with Gasteiger partial charge in [-0.05, 0) is 41.9 Å². The van der Waals surface area contributed by atoms with Gasteiger partial charge in [0.05, 0.1) is 58.3 Å². The molecule has 1 fully saturated rings. The molecule has 5 amide bonds. The number of hydrogen-bond donors (Lipinski definition) is 2. The van der Waals surface area contributed by atoms with E-state index in [2.05, 4.69) is 25.0 Å². The molecule has 246 valence electrons. The van der Waals surface area contributed by atoms with Gasteiger partial charge in [-0.1, -0.05) is 12.1 Å². The topological polar surface area (TPSA) is 222 Å². The van der Waals surface area contributed by atoms with Crippen LogP contribution in [0.3, 0.4) is 0 Å². The fourth-order valence-electron chi connectivity index (χ4n) is 5.59. The van der Waals surface area contributed by atoms with E-state index in [0.29, 0.717) is 5.69 Å². The van der Waals surface area contributed by atoms with Gasteiger partial charge in [0.25, 0.3) is 29.5 Å². The van der Waals surface area contributed by atoms with Gasteiger partial charge in [-0.2, -0.15) is 14.6 Å². The van der Waals surface area contributed by atoms with E-state index >= 15 is 0 Å². The van der Waals surface area contributed by atoms with Gasteiger partial charge < -0.3 is 20.5 Å². The summed E-state index contributed by atoms with van der Waals surface area (Å²) in [6, 6.07) is 12.4. The van der Waals surface area contributed by atoms with Crippen molar-refractivity contribution in [3.8, 4) is 5.69 Å². The van der Waals surface area contributed by atoms with Gasteiger partial charge in [0.15, 0.2) is 17.7 Å². The number of imide groups is 1. The van der Waals surface area contributed by atoms with Crippen LogP contribution in [0.5, 0.6) is 0 Å². The lowest BCUT2D eigenvalue weighted by molar-refractivity contribution is -0.167. The maximum absolute atomic E-state index is 13.7. The first-order chi connectivity index (χ1) is 23.6. The minimum absolute atomic E-state index is 0.00621. The van der Waals surface area contributed by atoms with E-state index in [-0.39, 0.29) is 57.3 Å². The number of anilines is 3. The van der Waals surface area contributed by atoms with Crippen molar-refractivity contribution in [3.63, 3.8) is 0 Å². The van der Waals surface area contributed by atoms with Gasteiger partial charge in [0.1, 0.15) is 0 Å². The molecule has 2 aliphatic heterocycles. The molecule has 2 aliphatic rings. The average molecular weight is 682 g/mol. The van der Waals surface area contributed by atoms with E-state index in [4.69, 9.17) is 15.2 Å². The van der Waals surface area contributed by atoms with Crippen LogP contribution >= 0.6 is 11.5 Å². The van der Waals surface area contributed by atoms with Crippen LogP contribution in [0.2, 0.25) is 0 Å². The van der Waals surface area contributed by atoms with Crippen molar-refractivity contribution >= 4 is 74.4 Å². The summed E-state index contributed by atoms with van der Waals surface area (Å²) >= 11 is 0.790. The molecule has 0 bridgehead atoms. The third-order valence-corrected chi connectivity index (χ3v) is 8.64. The number of carbonyl (C=O) groups is 6. The number of rotatable bonds is 8. The van der Waals surface area contributed by atoms with Crippen molar-refractivity contribution in [1.29, 1.82) is 0 Å². The van der Waals surface area contributed by atoms with Crippen molar-refractivity contribution < 1.29 is 38.2 Å². The van der Waals surface area contributed by atoms with Crippen LogP contribution in [0.25, 0.3) is 15.8 Å². The smallest absolute Gasteiger partial charge is 0.303 e. The Morgan fingerprint density at radius 1 is 1.04 bits per heavy atom. The Morgan fingerprint density at radius 3 is 2.47 bits per heavy atom. The van der Waals surface area contributed by atoms with Crippen molar-refractivity contribution in [2.75, 3.05) is 28.3 Å². The van der Waals surface area contributed by atoms with E-state index in [9.17, 15) is 28.8 Å². The number of carbonyl (C=O) groups excluding carboxylic acids is 6. The van der Waals surface area contributed by atoms with Crippen LogP contribution in [0.15, 0.2) is 67.1 Å². The Kier molecular flexibility index (Phi) is 7.85. The summed E-state index contributed by atoms with van der Waals surface area (Å²) in [7, 11) is 0. The molecule has 3 N–H and O–H groups in total. The average Bonchev–Trinajstić information content (AvgIpc) is 3.81. The van der Waals surface area contributed by atoms with E-state index in [0.717, 1.165) is 23.4 Å². The van der Waals surface area contributed by atoms with Crippen molar-refractivity contribution in [3.05, 3.63) is 83.8 Å². The highest BCUT2D eigenvalue weighted by molar-refractivity contribution is 7.14. The molecular formula is C31H23N9O8S. The third kappa shape index (κ3) is 5.43. The van der Waals surface area contributed by atoms with Gasteiger partial charge in [0, 0.05) is 24.6 Å². The second-order valence-electron chi connectivity index (χ2n) is 10.7. The zero-order valence-electron chi connectivity index (χ0n) is 25.3. The molecule has 1 saturated heterocycles. The van der Waals surface area contributed by atoms with Gasteiger partial charge in [-0.3, -0.25) is 33.7 Å². The van der Waals surface area contributed by atoms with Gasteiger partial charge in [-0.25, -0.2) is 9.58 Å². The molecule has 18 heteroatoms. The Labute approximate surface area is 279 Å². The van der Waals surface area contributed by atoms with Gasteiger partial charge in [0.2, 0.25) is 6.10 Å². The van der Waals surface area contributed by atoms with Crippen molar-refractivity contribution in [2.45, 2.75) is 19.1 Å². The van der Waals surface area contributed by atoms with Crippen molar-refractivity contribution in [1.82, 2.24) is 24.4 Å². The fourth-order valence-corrected chi connectivity index (χ4v) is 6.51. The lowest BCUT2D eigenvalue weighted by Gasteiger charge is -2.34. The number of primary amides is 1. The summed E-state index contributed by atoms with van der Waals surface area (Å²) in [5.41, 5.74) is 6.48. The highest BCUT2D eigenvalue weighted by Gasteiger charge is 2.44. The maximum Gasteiger partial charge on any atom is 0.303 e. The summed E-state index contributed by atoms with van der Waals surface area (Å²) in [5.74, 6) is -4.45. The predicted octanol–water partition coefficient (Wildman–Crippen LogP) is 1.47. The number of nitrogens with two attached hydrogens (primary N) is 1. The molecule has 49 heavy (non-hydrogen) atoms. The third-order valence-electron chi connectivity index (χ3n) is 7.76. The fraction of sp³-hybridized carbons (Fsp3) is 0.161. The predicted molar refractivity (Wildman–Crippen MR) is 171 cm³/mol. The minimum Gasteiger partial charge on any atom is -0.449 e. The summed E-state index contributed by atoms with van der Waals surface area (Å²) in [4.78, 5) is 80.8. The zero-order valence-corrected chi connectivity index (χ0v) is 26.1. The Balaban J connectivity index is 1.17. The largest absolute Gasteiger partial charge is 0.449 e. The molecule has 17 nitrogen and oxygen atoms in total. The van der Waals surface area contributed by atoms with Crippen LogP contribution in [-0.4, -0.2) is 85.2 Å². The van der Waals surface area contributed by atoms with Crippen LogP contribution in [0.1, 0.15) is 38.0 Å². The molecule has 5 heterocycles. The van der Waals surface area contributed by atoms with Crippen molar-refractivity contribution in [2.24, 2.45) is 5.73 Å². The number of benzene rings is 2. The molecule has 2 aromatic carbocycles. The Hall–Kier alpha value is -6.40. The summed E-state index contributed by atoms with van der Waals surface area (Å²) in [6.45, 7) is 1.14. The summed E-state index contributed by atoms with van der Waals surface area (Å²) < 4.78 is 16.9. The second kappa shape index (κ2) is 12.3. The first-order valence-corrected chi connectivity index (χ1v) is 15.3. The second-order valence-corrected chi connectivity index (χ2v) is 11.5. The molecule has 7 rings (SSSR count). The maximum atomic E-state index is 13.7. The highest BCUT2D eigenvalue weighted by Crippen LogP contribution is 2.39. The normalized spacial score (nSPS) is 16.5. The number of morpholine rings is 1. The monoisotopic (exact) mass is 681 g/mol. The number of ether oxygens (including phenoxy) is 2. The quantitative estimate of drug-likeness (QED) is 0.176. The van der Waals surface area contributed by atoms with Gasteiger partial charge >= 0.3 is 5.97 Å². The SMILES string of the molecule is CC(=O)OC(C(=O)Nc1ccc2c(N3C(=O)c4ccccc4C3=O)nsc2c1C(N)=O)C1OCCN(c2ccn(-c3ccnnc3)n2)C1=O. The summed E-state index contributed by atoms with van der Waals surface area (Å²) in [5, 5.41) is 14.8. The number of amides is 5. The van der Waals surface area contributed by atoms with Crippen LogP contribution in [-0.2, 0) is 23.9 Å². The van der Waals surface area contributed by atoms with E-state index in [1.165, 1.54) is 46.2 Å². The van der Waals surface area contributed by atoms with Crippen LogP contribution < -0.4 is 20.9 Å². The van der Waals surface area contributed by atoms with E-state index in [1.54, 1.807) is 30.5 Å². The molecule has 2 unspecified atom stereocenters. The number of esters is 1. The lowest BCUT2D eigenvalue weighted by atomic mass is 10.1. The highest BCUT2D eigenvalue weighted by atomic mass is 32.1. The number of fused-ring (bicyclic) bond motifs is 2. The summed E-state index contributed by atoms with van der Waals surface area (Å²) in [6.07, 6.45) is 1.22. The Bertz CT molecular complexity index is 2170. The molecule has 0 radical (unpaired) electrons. The number of hydrogen-bond acceptors (Lipinski definition) is 13. The first-order valence-electron chi connectivity index (χ1n) is 14.6. The molecule has 0 spiro atoms. The number of nitrogens with one attached hydrogen (secondary N) is 1. The standard InChI is InChI=1S/C31H23N9O8S/c1-15(41)48-23(24-31(46)38(12-13-47-24)21-9-11-39(36-21)16-8-10-33-34-14-16)28(43)35-20-7-6-19-25(22(20)26(32)42)49-37-27(19)40-29(44)17-4-2-3-5-18(17)30(40)45/h2-11,14,23-24H,12-13H2,1H3,(H2,32,42)(H,35,43). The molecule has 3 aromatic heterocycles. The lowest BCUT2D eigenvalue weighted by Crippen LogP contribution is -2.56. The van der Waals surface area contributed by atoms with E-state index < -0.39 is 47.7 Å². The molecule has 2 atom stereocenters. The van der Waals surface area contributed by atoms with Crippen LogP contribution in [0.4, 0.5) is 17.3 Å². The van der Waals surface area contributed by atoms with E-state index in [1.807, 2.05) is 0 Å². The minimum atomic E-state index is -1.79. The Morgan fingerprint density at radius 2 is 1.80 bits per heavy atom. The zero-order chi connectivity index (χ0) is 34.4. The molecule has 0 saturated carbocycles. The molecular weight excluding hydrogens is 658 g/mol. The number of aromatic nitrogens is 5. The molecule has 0 aliphatic carbocycles. The first kappa shape index (κ1) is 31.2.